The van der Waals surface area contributed by atoms with Crippen LogP contribution in [-0.2, 0) is 25.8 Å². The summed E-state index contributed by atoms with van der Waals surface area (Å²) in [7, 11) is -3.13. The van der Waals surface area contributed by atoms with Crippen molar-refractivity contribution in [1.82, 2.24) is 9.88 Å². The minimum Gasteiger partial charge on any atom is -0.452 e. The van der Waals surface area contributed by atoms with Gasteiger partial charge in [-0.2, -0.15) is 0 Å². The van der Waals surface area contributed by atoms with Crippen molar-refractivity contribution in [3.63, 3.8) is 0 Å². The molecule has 1 atom stereocenters. The summed E-state index contributed by atoms with van der Waals surface area (Å²) in [6.07, 6.45) is 3.94. The highest BCUT2D eigenvalue weighted by atomic mass is 32.2. The fourth-order valence-corrected chi connectivity index (χ4v) is 7.05. The van der Waals surface area contributed by atoms with Crippen molar-refractivity contribution in [2.45, 2.75) is 39.2 Å². The van der Waals surface area contributed by atoms with Gasteiger partial charge in [-0.3, -0.25) is 4.79 Å². The molecule has 2 aromatic carbocycles. The molecule has 0 radical (unpaired) electrons. The van der Waals surface area contributed by atoms with Crippen molar-refractivity contribution in [1.29, 1.82) is 0 Å². The van der Waals surface area contributed by atoms with Crippen molar-refractivity contribution < 1.29 is 22.7 Å². The Hall–Kier alpha value is -3.52. The van der Waals surface area contributed by atoms with E-state index in [-0.39, 0.29) is 23.5 Å². The number of hydrogen-bond donors (Lipinski definition) is 0. The first-order valence-electron chi connectivity index (χ1n) is 12.6. The van der Waals surface area contributed by atoms with Gasteiger partial charge in [0.05, 0.1) is 28.3 Å². The van der Waals surface area contributed by atoms with E-state index in [0.717, 1.165) is 28.8 Å². The van der Waals surface area contributed by atoms with Gasteiger partial charge in [0.2, 0.25) is 0 Å². The smallest absolute Gasteiger partial charge is 0.339 e. The van der Waals surface area contributed by atoms with Crippen molar-refractivity contribution >= 4 is 44.3 Å². The van der Waals surface area contributed by atoms with Crippen LogP contribution in [0.2, 0.25) is 0 Å². The number of aryl methyl sites for hydroxylation is 1. The van der Waals surface area contributed by atoms with Crippen molar-refractivity contribution in [2.24, 2.45) is 0 Å². The molecule has 1 aliphatic heterocycles. The Morgan fingerprint density at radius 2 is 1.86 bits per heavy atom. The number of carbonyl (C=O) groups excluding carboxylic acids is 2. The van der Waals surface area contributed by atoms with Gasteiger partial charge in [0, 0.05) is 18.0 Å². The first-order chi connectivity index (χ1) is 17.8. The highest BCUT2D eigenvalue weighted by Crippen LogP contribution is 2.37. The molecule has 1 saturated heterocycles. The van der Waals surface area contributed by atoms with E-state index in [1.165, 1.54) is 10.5 Å². The SMILES string of the molecule is CCN(C(=O)COC(=O)c1c2c(nc3ccccc13)/C(=C\c1ccc(C)cc1)CC2)[C@@H]1CCS(=O)(=O)C1. The molecule has 1 aliphatic carbocycles. The van der Waals surface area contributed by atoms with E-state index in [2.05, 4.69) is 30.3 Å². The number of likely N-dealkylation sites (N-methyl/N-ethyl adjacent to an activating group) is 1. The molecule has 37 heavy (non-hydrogen) atoms. The summed E-state index contributed by atoms with van der Waals surface area (Å²) >= 11 is 0. The number of sulfone groups is 1. The Labute approximate surface area is 217 Å². The lowest BCUT2D eigenvalue weighted by atomic mass is 10.0. The number of hydrogen-bond acceptors (Lipinski definition) is 6. The summed E-state index contributed by atoms with van der Waals surface area (Å²) in [5.74, 6) is -0.906. The third kappa shape index (κ3) is 5.16. The van der Waals surface area contributed by atoms with Gasteiger partial charge in [-0.1, -0.05) is 48.0 Å². The van der Waals surface area contributed by atoms with Gasteiger partial charge in [0.1, 0.15) is 0 Å². The topological polar surface area (TPSA) is 93.6 Å². The Bertz CT molecular complexity index is 1510. The largest absolute Gasteiger partial charge is 0.452 e. The molecule has 0 spiro atoms. The average molecular weight is 519 g/mol. The second kappa shape index (κ2) is 10.1. The van der Waals surface area contributed by atoms with E-state index in [1.54, 1.807) is 6.92 Å². The van der Waals surface area contributed by atoms with Crippen molar-refractivity contribution in [3.05, 3.63) is 76.5 Å². The molecule has 0 bridgehead atoms. The predicted molar refractivity (Wildman–Crippen MR) is 144 cm³/mol. The molecule has 5 rings (SSSR count). The molecular formula is C29H30N2O5S. The number of fused-ring (bicyclic) bond motifs is 2. The number of para-hydroxylation sites is 1. The lowest BCUT2D eigenvalue weighted by Crippen LogP contribution is -2.43. The first kappa shape index (κ1) is 25.1. The van der Waals surface area contributed by atoms with E-state index in [0.29, 0.717) is 35.9 Å². The van der Waals surface area contributed by atoms with Gasteiger partial charge < -0.3 is 9.64 Å². The molecule has 192 valence electrons. The summed E-state index contributed by atoms with van der Waals surface area (Å²) in [6, 6.07) is 15.4. The van der Waals surface area contributed by atoms with Crippen LogP contribution in [0.15, 0.2) is 48.5 Å². The summed E-state index contributed by atoms with van der Waals surface area (Å²) < 4.78 is 29.3. The number of carbonyl (C=O) groups is 2. The first-order valence-corrected chi connectivity index (χ1v) is 14.4. The lowest BCUT2D eigenvalue weighted by Gasteiger charge is -2.26. The van der Waals surface area contributed by atoms with Crippen LogP contribution in [0.4, 0.5) is 0 Å². The summed E-state index contributed by atoms with van der Waals surface area (Å²) in [5, 5.41) is 0.699. The Morgan fingerprint density at radius 3 is 2.57 bits per heavy atom. The van der Waals surface area contributed by atoms with Crippen LogP contribution < -0.4 is 0 Å². The van der Waals surface area contributed by atoms with Crippen LogP contribution in [0.3, 0.4) is 0 Å². The fourth-order valence-electron chi connectivity index (χ4n) is 5.32. The highest BCUT2D eigenvalue weighted by Gasteiger charge is 2.34. The van der Waals surface area contributed by atoms with Gasteiger partial charge >= 0.3 is 5.97 Å². The fraction of sp³-hybridized carbons (Fsp3) is 0.345. The van der Waals surface area contributed by atoms with E-state index < -0.39 is 22.4 Å². The van der Waals surface area contributed by atoms with E-state index in [1.807, 2.05) is 31.2 Å². The van der Waals surface area contributed by atoms with Crippen LogP contribution in [0, 0.1) is 6.92 Å². The zero-order chi connectivity index (χ0) is 26.2. The quantitative estimate of drug-likeness (QED) is 0.454. The van der Waals surface area contributed by atoms with E-state index in [4.69, 9.17) is 9.72 Å². The number of allylic oxidation sites excluding steroid dienone is 1. The Kier molecular flexibility index (Phi) is 6.86. The van der Waals surface area contributed by atoms with Gasteiger partial charge in [-0.25, -0.2) is 18.2 Å². The number of nitrogens with zero attached hydrogens (tertiary/aromatic N) is 2. The van der Waals surface area contributed by atoms with E-state index in [9.17, 15) is 18.0 Å². The number of benzene rings is 2. The number of pyridine rings is 1. The maximum absolute atomic E-state index is 13.4. The maximum Gasteiger partial charge on any atom is 0.339 e. The average Bonchev–Trinajstić information content (AvgIpc) is 3.45. The zero-order valence-corrected chi connectivity index (χ0v) is 21.9. The summed E-state index contributed by atoms with van der Waals surface area (Å²) in [5.41, 5.74) is 6.11. The lowest BCUT2D eigenvalue weighted by molar-refractivity contribution is -0.136. The molecule has 7 nitrogen and oxygen atoms in total. The molecule has 0 N–H and O–H groups in total. The molecule has 1 amide bonds. The van der Waals surface area contributed by atoms with Gasteiger partial charge in [-0.05, 0) is 62.0 Å². The second-order valence-corrected chi connectivity index (χ2v) is 12.0. The summed E-state index contributed by atoms with van der Waals surface area (Å²) in [4.78, 5) is 32.7. The van der Waals surface area contributed by atoms with E-state index >= 15 is 0 Å². The van der Waals surface area contributed by atoms with Gasteiger partial charge in [-0.15, -0.1) is 0 Å². The number of aromatic nitrogens is 1. The van der Waals surface area contributed by atoms with Gasteiger partial charge in [0.15, 0.2) is 16.4 Å². The monoisotopic (exact) mass is 518 g/mol. The molecule has 2 aliphatic rings. The molecule has 0 unspecified atom stereocenters. The standard InChI is InChI=1S/C29H30N2O5S/c1-3-31(22-14-15-37(34,35)18-22)26(32)17-36-29(33)27-23-6-4-5-7-25(23)30-28-21(12-13-24(27)28)16-20-10-8-19(2)9-11-20/h4-11,16,22H,3,12-15,17-18H2,1-2H3/b21-16-/t22-/m1/s1. The molecule has 8 heteroatoms. The maximum atomic E-state index is 13.4. The third-order valence-corrected chi connectivity index (χ3v) is 8.95. The summed E-state index contributed by atoms with van der Waals surface area (Å²) in [6.45, 7) is 3.78. The molecule has 1 aromatic heterocycles. The number of ether oxygens (including phenoxy) is 1. The predicted octanol–water partition coefficient (Wildman–Crippen LogP) is 4.22. The van der Waals surface area contributed by atoms with Crippen molar-refractivity contribution in [3.8, 4) is 0 Å². The second-order valence-electron chi connectivity index (χ2n) is 9.72. The van der Waals surface area contributed by atoms with Crippen LogP contribution in [-0.4, -0.2) is 60.9 Å². The Morgan fingerprint density at radius 1 is 1.11 bits per heavy atom. The van der Waals surface area contributed by atoms with Crippen LogP contribution >= 0.6 is 0 Å². The molecule has 3 aromatic rings. The van der Waals surface area contributed by atoms with Crippen LogP contribution in [0.5, 0.6) is 0 Å². The number of amides is 1. The minimum absolute atomic E-state index is 0.0425. The third-order valence-electron chi connectivity index (χ3n) is 7.20. The molecular weight excluding hydrogens is 488 g/mol. The molecule has 2 heterocycles. The number of rotatable bonds is 6. The molecule has 0 saturated carbocycles. The Balaban J connectivity index is 1.42. The van der Waals surface area contributed by atoms with Gasteiger partial charge in [0.25, 0.3) is 5.91 Å². The van der Waals surface area contributed by atoms with Crippen LogP contribution in [0.1, 0.15) is 52.5 Å². The normalized spacial score (nSPS) is 19.2. The van der Waals surface area contributed by atoms with Crippen LogP contribution in [0.25, 0.3) is 22.6 Å². The number of esters is 1. The minimum atomic E-state index is -3.13. The molecule has 1 fully saturated rings. The zero-order valence-electron chi connectivity index (χ0n) is 21.1. The highest BCUT2D eigenvalue weighted by molar-refractivity contribution is 7.91. The van der Waals surface area contributed by atoms with Crippen molar-refractivity contribution in [2.75, 3.05) is 24.7 Å².